The molecule has 1 unspecified atom stereocenters. The first-order chi connectivity index (χ1) is 8.82. The van der Waals surface area contributed by atoms with Crippen molar-refractivity contribution in [3.05, 3.63) is 38.4 Å². The molecule has 0 heterocycles. The van der Waals surface area contributed by atoms with Crippen molar-refractivity contribution in [1.82, 2.24) is 0 Å². The number of nitro benzene ring substituents is 2. The third-order valence-electron chi connectivity index (χ3n) is 2.35. The van der Waals surface area contributed by atoms with E-state index >= 15 is 0 Å². The van der Waals surface area contributed by atoms with Gasteiger partial charge in [0.2, 0.25) is 0 Å². The second kappa shape index (κ2) is 5.87. The topological polar surface area (TPSA) is 131 Å². The Morgan fingerprint density at radius 1 is 1.37 bits per heavy atom. The van der Waals surface area contributed by atoms with Crippen LogP contribution in [-0.4, -0.2) is 26.8 Å². The first kappa shape index (κ1) is 14.5. The summed E-state index contributed by atoms with van der Waals surface area (Å²) in [4.78, 5) is 19.9. The average Bonchev–Trinajstić information content (AvgIpc) is 2.35. The molecule has 0 spiro atoms. The molecule has 1 atom stereocenters. The van der Waals surface area contributed by atoms with E-state index in [9.17, 15) is 25.3 Å². The molecule has 0 aliphatic heterocycles. The van der Waals surface area contributed by atoms with Gasteiger partial charge in [-0.1, -0.05) is 0 Å². The quantitative estimate of drug-likeness (QED) is 0.474. The number of nitrogens with zero attached hydrogens (tertiary/aromatic N) is 3. The van der Waals surface area contributed by atoms with Gasteiger partial charge in [-0.05, 0) is 19.9 Å². The molecule has 0 amide bonds. The lowest BCUT2D eigenvalue weighted by Gasteiger charge is -2.05. The maximum atomic E-state index is 10.8. The van der Waals surface area contributed by atoms with Gasteiger partial charge < -0.3 is 5.11 Å². The molecule has 0 aliphatic rings. The van der Waals surface area contributed by atoms with Gasteiger partial charge in [-0.3, -0.25) is 25.7 Å². The summed E-state index contributed by atoms with van der Waals surface area (Å²) in [6.45, 7) is 3.03. The molecular weight excluding hydrogens is 256 g/mol. The van der Waals surface area contributed by atoms with Gasteiger partial charge in [0.05, 0.1) is 27.7 Å². The average molecular weight is 268 g/mol. The number of rotatable bonds is 5. The van der Waals surface area contributed by atoms with Crippen molar-refractivity contribution in [2.45, 2.75) is 20.0 Å². The summed E-state index contributed by atoms with van der Waals surface area (Å²) in [6.07, 6.45) is -0.801. The summed E-state index contributed by atoms with van der Waals surface area (Å²) in [5.41, 5.74) is 1.90. The van der Waals surface area contributed by atoms with Crippen LogP contribution >= 0.6 is 0 Å². The van der Waals surface area contributed by atoms with Gasteiger partial charge in [-0.2, -0.15) is 5.10 Å². The van der Waals surface area contributed by atoms with E-state index in [1.807, 2.05) is 0 Å². The molecule has 0 saturated carbocycles. The van der Waals surface area contributed by atoms with Crippen molar-refractivity contribution in [2.24, 2.45) is 5.10 Å². The largest absolute Gasteiger partial charge is 0.387 e. The van der Waals surface area contributed by atoms with Gasteiger partial charge in [0.15, 0.2) is 0 Å². The summed E-state index contributed by atoms with van der Waals surface area (Å²) in [6, 6.07) is 3.16. The standard InChI is InChI=1S/C10H12N4O5/c1-6(7(2)15)11-12-9-4-3-8(13(16)17)5-10(9)14(18)19/h3-5,7,12,15H,1-2H3/b11-6-. The van der Waals surface area contributed by atoms with Crippen LogP contribution in [0.5, 0.6) is 0 Å². The molecule has 1 aromatic rings. The van der Waals surface area contributed by atoms with Crippen LogP contribution in [0.4, 0.5) is 17.1 Å². The zero-order chi connectivity index (χ0) is 14.6. The zero-order valence-electron chi connectivity index (χ0n) is 10.2. The van der Waals surface area contributed by atoms with E-state index in [0.717, 1.165) is 12.1 Å². The number of hydrazone groups is 1. The molecule has 19 heavy (non-hydrogen) atoms. The Hall–Kier alpha value is -2.55. The van der Waals surface area contributed by atoms with Crippen LogP contribution in [0, 0.1) is 20.2 Å². The molecule has 0 radical (unpaired) electrons. The Morgan fingerprint density at radius 2 is 2.00 bits per heavy atom. The monoisotopic (exact) mass is 268 g/mol. The smallest absolute Gasteiger partial charge is 0.301 e. The molecule has 0 saturated heterocycles. The lowest BCUT2D eigenvalue weighted by molar-refractivity contribution is -0.393. The SMILES string of the molecule is C/C(=N/Nc1ccc([N+](=O)[O-])cc1[N+](=O)[O-])C(C)O. The molecule has 0 fully saturated rings. The van der Waals surface area contributed by atoms with E-state index in [0.29, 0.717) is 5.71 Å². The minimum atomic E-state index is -0.801. The molecule has 1 aromatic carbocycles. The maximum Gasteiger partial charge on any atom is 0.301 e. The third-order valence-corrected chi connectivity index (χ3v) is 2.35. The lowest BCUT2D eigenvalue weighted by atomic mass is 10.2. The van der Waals surface area contributed by atoms with Gasteiger partial charge in [0, 0.05) is 6.07 Å². The Kier molecular flexibility index (Phi) is 4.48. The van der Waals surface area contributed by atoms with E-state index < -0.39 is 21.6 Å². The van der Waals surface area contributed by atoms with Gasteiger partial charge >= 0.3 is 5.69 Å². The van der Waals surface area contributed by atoms with Crippen molar-refractivity contribution in [3.8, 4) is 0 Å². The van der Waals surface area contributed by atoms with Crippen molar-refractivity contribution in [1.29, 1.82) is 0 Å². The lowest BCUT2D eigenvalue weighted by Crippen LogP contribution is -2.14. The van der Waals surface area contributed by atoms with Crippen molar-refractivity contribution < 1.29 is 15.0 Å². The van der Waals surface area contributed by atoms with Crippen LogP contribution in [0.3, 0.4) is 0 Å². The van der Waals surface area contributed by atoms with Crippen molar-refractivity contribution in [2.75, 3.05) is 5.43 Å². The summed E-state index contributed by atoms with van der Waals surface area (Å²) in [7, 11) is 0. The van der Waals surface area contributed by atoms with E-state index in [1.54, 1.807) is 0 Å². The highest BCUT2D eigenvalue weighted by atomic mass is 16.6. The number of aliphatic hydroxyl groups is 1. The Morgan fingerprint density at radius 3 is 2.47 bits per heavy atom. The fourth-order valence-corrected chi connectivity index (χ4v) is 1.12. The second-order valence-electron chi connectivity index (χ2n) is 3.76. The zero-order valence-corrected chi connectivity index (χ0v) is 10.2. The number of aliphatic hydroxyl groups excluding tert-OH is 1. The molecule has 0 bridgehead atoms. The molecule has 2 N–H and O–H groups in total. The Labute approximate surface area is 107 Å². The van der Waals surface area contributed by atoms with Crippen LogP contribution in [0.15, 0.2) is 23.3 Å². The number of anilines is 1. The summed E-state index contributed by atoms with van der Waals surface area (Å²) in [5, 5.41) is 34.3. The highest BCUT2D eigenvalue weighted by Crippen LogP contribution is 2.28. The van der Waals surface area contributed by atoms with Crippen LogP contribution in [0.1, 0.15) is 13.8 Å². The summed E-state index contributed by atoms with van der Waals surface area (Å²) in [5.74, 6) is 0. The number of non-ortho nitro benzene ring substituents is 1. The molecule has 1 rings (SSSR count). The molecule has 0 aliphatic carbocycles. The summed E-state index contributed by atoms with van der Waals surface area (Å²) < 4.78 is 0. The fraction of sp³-hybridized carbons (Fsp3) is 0.300. The van der Waals surface area contributed by atoms with Crippen molar-refractivity contribution >= 4 is 22.8 Å². The number of hydrogen-bond acceptors (Lipinski definition) is 7. The number of nitrogens with one attached hydrogen (secondary N) is 1. The predicted octanol–water partition coefficient (Wildman–Crippen LogP) is 1.67. The molecule has 9 nitrogen and oxygen atoms in total. The van der Waals surface area contributed by atoms with Crippen LogP contribution in [0.25, 0.3) is 0 Å². The molecule has 9 heteroatoms. The number of hydrogen-bond donors (Lipinski definition) is 2. The van der Waals surface area contributed by atoms with Gasteiger partial charge in [0.1, 0.15) is 5.69 Å². The van der Waals surface area contributed by atoms with Gasteiger partial charge in [-0.15, -0.1) is 0 Å². The normalized spacial score (nSPS) is 12.9. The van der Waals surface area contributed by atoms with Crippen LogP contribution < -0.4 is 5.43 Å². The van der Waals surface area contributed by atoms with Crippen LogP contribution in [0.2, 0.25) is 0 Å². The van der Waals surface area contributed by atoms with E-state index in [1.165, 1.54) is 19.9 Å². The Bertz CT molecular complexity index is 541. The van der Waals surface area contributed by atoms with Crippen molar-refractivity contribution in [3.63, 3.8) is 0 Å². The van der Waals surface area contributed by atoms with Gasteiger partial charge in [-0.25, -0.2) is 0 Å². The Balaban J connectivity index is 3.11. The highest BCUT2D eigenvalue weighted by Gasteiger charge is 2.19. The minimum absolute atomic E-state index is 0.00981. The predicted molar refractivity (Wildman–Crippen MR) is 68.2 cm³/mol. The molecular formula is C10H12N4O5. The first-order valence-corrected chi connectivity index (χ1v) is 5.24. The maximum absolute atomic E-state index is 10.8. The van der Waals surface area contributed by atoms with Crippen LogP contribution in [-0.2, 0) is 0 Å². The molecule has 0 aromatic heterocycles. The second-order valence-corrected chi connectivity index (χ2v) is 3.76. The first-order valence-electron chi connectivity index (χ1n) is 5.24. The third kappa shape index (κ3) is 3.71. The highest BCUT2D eigenvalue weighted by molar-refractivity contribution is 5.86. The number of benzene rings is 1. The fourth-order valence-electron chi connectivity index (χ4n) is 1.12. The van der Waals surface area contributed by atoms with E-state index in [-0.39, 0.29) is 11.4 Å². The van der Waals surface area contributed by atoms with Gasteiger partial charge in [0.25, 0.3) is 5.69 Å². The van der Waals surface area contributed by atoms with E-state index in [2.05, 4.69) is 10.5 Å². The minimum Gasteiger partial charge on any atom is -0.387 e. The van der Waals surface area contributed by atoms with E-state index in [4.69, 9.17) is 0 Å². The number of nitro groups is 2. The summed E-state index contributed by atoms with van der Waals surface area (Å²) >= 11 is 0. The molecule has 102 valence electrons.